The van der Waals surface area contributed by atoms with E-state index in [1.807, 2.05) is 0 Å². The second-order valence-electron chi connectivity index (χ2n) is 0. The molecule has 0 aliphatic heterocycles. The third-order valence-electron chi connectivity index (χ3n) is 0. The van der Waals surface area contributed by atoms with Gasteiger partial charge in [-0.3, -0.25) is 0 Å². The van der Waals surface area contributed by atoms with Gasteiger partial charge in [-0.15, -0.1) is 0 Å². The van der Waals surface area contributed by atoms with Crippen LogP contribution in [0.1, 0.15) is 0 Å². The molecular weight excluding hydrogens is 365 g/mol. The van der Waals surface area contributed by atoms with Crippen molar-refractivity contribution in [1.29, 1.82) is 0 Å². The summed E-state index contributed by atoms with van der Waals surface area (Å²) in [5, 5.41) is 0. The number of hydrogen-bond acceptors (Lipinski definition) is 0. The Labute approximate surface area is 101 Å². The molecule has 4 nitrogen and oxygen atoms in total. The monoisotopic (exact) mass is 370 g/mol. The maximum atomic E-state index is 0. The van der Waals surface area contributed by atoms with Crippen LogP contribution in [-0.2, 0) is 16.4 Å². The number of hydrogen-bond donors (Lipinski definition) is 0. The molecule has 2 radical (unpaired) electrons. The fourth-order valence-electron chi connectivity index (χ4n) is 0. The first kappa shape index (κ1) is 76.0. The van der Waals surface area contributed by atoms with Crippen molar-refractivity contribution in [3.8, 4) is 0 Å². The van der Waals surface area contributed by atoms with Gasteiger partial charge in [0.1, 0.15) is 0 Å². The van der Waals surface area contributed by atoms with Crippen LogP contribution in [0.2, 0.25) is 0 Å². The predicted octanol–water partition coefficient (Wildman–Crippen LogP) is -1.18. The van der Waals surface area contributed by atoms with E-state index in [0.717, 1.165) is 0 Å². The Morgan fingerprint density at radius 2 is 0.500 bits per heavy atom. The summed E-state index contributed by atoms with van der Waals surface area (Å²) in [4.78, 5) is 0. The van der Waals surface area contributed by atoms with Gasteiger partial charge in [0.2, 0.25) is 0 Å². The van der Waals surface area contributed by atoms with Crippen molar-refractivity contribution < 1.29 is 103 Å². The van der Waals surface area contributed by atoms with Gasteiger partial charge in [-0.1, -0.05) is 0 Å². The van der Waals surface area contributed by atoms with E-state index < -0.39 is 0 Å². The predicted molar refractivity (Wildman–Crippen MR) is 5.67 cm³/mol. The Hall–Kier alpha value is 2.52. The molecule has 0 saturated carbocycles. The van der Waals surface area contributed by atoms with Crippen LogP contribution in [0.4, 0.5) is 0 Å². The Morgan fingerprint density at radius 3 is 0.500 bits per heavy atom. The normalized spacial score (nSPS) is 0. The van der Waals surface area contributed by atoms with Crippen LogP contribution >= 0.6 is 0 Å². The largest absolute Gasteiger partial charge is 3.00 e. The summed E-state index contributed by atoms with van der Waals surface area (Å²) in [6.45, 7) is 0. The minimum absolute atomic E-state index is 0. The molecule has 0 saturated heterocycles. The Balaban J connectivity index is 0. The molecular formula is H2O4Sm2. The minimum atomic E-state index is 0. The third-order valence-corrected chi connectivity index (χ3v) is 0. The SMILES string of the molecule is O.[O-2].[O-2].[O-2].[Sm+3].[Sm+3]. The molecule has 0 heterocycles. The molecule has 0 aliphatic rings. The summed E-state index contributed by atoms with van der Waals surface area (Å²) in [7, 11) is 0. The second-order valence-corrected chi connectivity index (χ2v) is 0. The average molecular weight is 367 g/mol. The van der Waals surface area contributed by atoms with Crippen molar-refractivity contribution in [3.05, 3.63) is 0 Å². The topological polar surface area (TPSA) is 117 Å². The van der Waals surface area contributed by atoms with Crippen LogP contribution in [-0.4, -0.2) is 5.48 Å². The molecule has 0 aromatic rings. The van der Waals surface area contributed by atoms with Gasteiger partial charge in [0, 0.05) is 0 Å². The Morgan fingerprint density at radius 1 is 0.500 bits per heavy atom. The summed E-state index contributed by atoms with van der Waals surface area (Å²) >= 11 is 0. The van der Waals surface area contributed by atoms with Gasteiger partial charge in [-0.2, -0.15) is 0 Å². The Kier molecular flexibility index (Phi) is 639. The zero-order chi connectivity index (χ0) is 0. The summed E-state index contributed by atoms with van der Waals surface area (Å²) < 4.78 is 0. The smallest absolute Gasteiger partial charge is 2.00 e. The van der Waals surface area contributed by atoms with Crippen molar-refractivity contribution in [2.75, 3.05) is 0 Å². The molecule has 0 unspecified atom stereocenters. The molecule has 6 heteroatoms. The van der Waals surface area contributed by atoms with E-state index in [-0.39, 0.29) is 103 Å². The summed E-state index contributed by atoms with van der Waals surface area (Å²) in [5.74, 6) is 0. The zero-order valence-electron chi connectivity index (χ0n) is 2.54. The summed E-state index contributed by atoms with van der Waals surface area (Å²) in [6.07, 6.45) is 0. The fraction of sp³-hybridized carbons (Fsp3) is 0. The van der Waals surface area contributed by atoms with E-state index in [0.29, 0.717) is 0 Å². The first-order valence-electron chi connectivity index (χ1n) is 0. The van der Waals surface area contributed by atoms with Crippen molar-refractivity contribution >= 4 is 0 Å². The summed E-state index contributed by atoms with van der Waals surface area (Å²) in [6, 6.07) is 0. The minimum Gasteiger partial charge on any atom is -2.00 e. The van der Waals surface area contributed by atoms with Gasteiger partial charge in [0.15, 0.2) is 0 Å². The van der Waals surface area contributed by atoms with E-state index >= 15 is 0 Å². The molecule has 0 bridgehead atoms. The fourth-order valence-corrected chi connectivity index (χ4v) is 0. The van der Waals surface area contributed by atoms with Crippen molar-refractivity contribution in [3.63, 3.8) is 0 Å². The maximum Gasteiger partial charge on any atom is 3.00 e. The molecule has 0 rings (SSSR count). The molecule has 2 N–H and O–H groups in total. The molecule has 38 valence electrons. The van der Waals surface area contributed by atoms with Gasteiger partial charge in [-0.05, 0) is 0 Å². The van der Waals surface area contributed by atoms with Crippen LogP contribution in [0.25, 0.3) is 0 Å². The van der Waals surface area contributed by atoms with Crippen molar-refractivity contribution in [1.82, 2.24) is 0 Å². The van der Waals surface area contributed by atoms with Crippen LogP contribution in [0.3, 0.4) is 0 Å². The molecule has 6 heavy (non-hydrogen) atoms. The average Bonchev–Trinajstić information content (AvgIpc) is 0. The van der Waals surface area contributed by atoms with E-state index in [1.54, 1.807) is 0 Å². The molecule has 0 aliphatic carbocycles. The van der Waals surface area contributed by atoms with Gasteiger partial charge in [-0.25, -0.2) is 0 Å². The van der Waals surface area contributed by atoms with E-state index in [1.165, 1.54) is 0 Å². The van der Waals surface area contributed by atoms with Crippen LogP contribution in [0, 0.1) is 80.8 Å². The first-order valence-corrected chi connectivity index (χ1v) is 0. The molecule has 0 spiro atoms. The molecule has 0 aromatic heterocycles. The van der Waals surface area contributed by atoms with Gasteiger partial charge >= 0.3 is 80.8 Å². The standard InChI is InChI=1S/H2O.3O.2Sm/h1H2;;;;;/q;3*-2;2*+3. The second kappa shape index (κ2) is 50.4. The quantitative estimate of drug-likeness (QED) is 0.513. The Bertz CT molecular complexity index is 5.51. The first-order chi connectivity index (χ1) is 0. The molecule has 0 fully saturated rings. The van der Waals surface area contributed by atoms with Gasteiger partial charge in [0.05, 0.1) is 0 Å². The van der Waals surface area contributed by atoms with Crippen LogP contribution in [0.15, 0.2) is 0 Å². The maximum absolute atomic E-state index is 0. The van der Waals surface area contributed by atoms with Crippen molar-refractivity contribution in [2.24, 2.45) is 0 Å². The van der Waals surface area contributed by atoms with Crippen LogP contribution in [0.5, 0.6) is 0 Å². The van der Waals surface area contributed by atoms with Gasteiger partial charge < -0.3 is 21.9 Å². The van der Waals surface area contributed by atoms with Crippen LogP contribution < -0.4 is 0 Å². The summed E-state index contributed by atoms with van der Waals surface area (Å²) in [5.41, 5.74) is 0. The van der Waals surface area contributed by atoms with E-state index in [4.69, 9.17) is 0 Å². The van der Waals surface area contributed by atoms with E-state index in [2.05, 4.69) is 0 Å². The zero-order valence-corrected chi connectivity index (χ0v) is 7.78. The van der Waals surface area contributed by atoms with E-state index in [9.17, 15) is 0 Å². The van der Waals surface area contributed by atoms with Gasteiger partial charge in [0.25, 0.3) is 0 Å². The molecule has 0 atom stereocenters. The molecule has 0 aromatic carbocycles. The van der Waals surface area contributed by atoms with Crippen molar-refractivity contribution in [2.45, 2.75) is 0 Å². The molecule has 0 amide bonds. The third kappa shape index (κ3) is 31.3. The number of rotatable bonds is 0.